The van der Waals surface area contributed by atoms with Crippen LogP contribution in [-0.4, -0.2) is 9.97 Å². The Morgan fingerprint density at radius 2 is 2.05 bits per heavy atom. The monoisotopic (exact) mass is 327 g/mol. The molecule has 0 saturated carbocycles. The molecule has 1 aromatic heterocycles. The van der Waals surface area contributed by atoms with Crippen LogP contribution in [0.1, 0.15) is 35.3 Å². The Kier molecular flexibility index (Phi) is 4.84. The third-order valence-corrected chi connectivity index (χ3v) is 4.54. The summed E-state index contributed by atoms with van der Waals surface area (Å²) in [5, 5.41) is 3.59. The number of nitrogens with two attached hydrogens (primary N) is 1. The summed E-state index contributed by atoms with van der Waals surface area (Å²) < 4.78 is 28.0. The SMILES string of the molecule is CCc1cnc(C(C)Nc2c(F)cc(C(N)=S)cc2F)s1. The molecule has 0 aliphatic heterocycles. The molecule has 112 valence electrons. The van der Waals surface area contributed by atoms with Gasteiger partial charge in [0.25, 0.3) is 0 Å². The van der Waals surface area contributed by atoms with Crippen LogP contribution in [0.15, 0.2) is 18.3 Å². The van der Waals surface area contributed by atoms with Crippen molar-refractivity contribution in [2.75, 3.05) is 5.32 Å². The number of nitrogens with one attached hydrogen (secondary N) is 1. The predicted molar refractivity (Wildman–Crippen MR) is 85.8 cm³/mol. The van der Waals surface area contributed by atoms with E-state index in [0.29, 0.717) is 0 Å². The second-order valence-electron chi connectivity index (χ2n) is 4.56. The highest BCUT2D eigenvalue weighted by Crippen LogP contribution is 2.28. The number of thiocarbonyl (C=S) groups is 1. The first kappa shape index (κ1) is 15.8. The molecule has 0 spiro atoms. The van der Waals surface area contributed by atoms with Crippen molar-refractivity contribution < 1.29 is 8.78 Å². The Hall–Kier alpha value is -1.60. The predicted octanol–water partition coefficient (Wildman–Crippen LogP) is 3.79. The van der Waals surface area contributed by atoms with Gasteiger partial charge in [-0.15, -0.1) is 11.3 Å². The third kappa shape index (κ3) is 3.54. The van der Waals surface area contributed by atoms with Crippen molar-refractivity contribution in [3.63, 3.8) is 0 Å². The second-order valence-corrected chi connectivity index (χ2v) is 6.15. The van der Waals surface area contributed by atoms with Crippen molar-refractivity contribution in [2.24, 2.45) is 5.73 Å². The highest BCUT2D eigenvalue weighted by molar-refractivity contribution is 7.80. The zero-order chi connectivity index (χ0) is 15.6. The molecule has 1 atom stereocenters. The van der Waals surface area contributed by atoms with Gasteiger partial charge in [0, 0.05) is 16.6 Å². The van der Waals surface area contributed by atoms with Crippen LogP contribution in [0, 0.1) is 11.6 Å². The molecule has 0 aliphatic carbocycles. The van der Waals surface area contributed by atoms with E-state index in [1.54, 1.807) is 13.1 Å². The average molecular weight is 327 g/mol. The fourth-order valence-electron chi connectivity index (χ4n) is 1.82. The van der Waals surface area contributed by atoms with Gasteiger partial charge in [0.05, 0.1) is 6.04 Å². The number of aromatic nitrogens is 1. The summed E-state index contributed by atoms with van der Waals surface area (Å²) in [6, 6.07) is 1.95. The van der Waals surface area contributed by atoms with Gasteiger partial charge in [-0.05, 0) is 25.5 Å². The smallest absolute Gasteiger partial charge is 0.150 e. The molecule has 0 radical (unpaired) electrons. The summed E-state index contributed by atoms with van der Waals surface area (Å²) in [7, 11) is 0. The van der Waals surface area contributed by atoms with E-state index in [-0.39, 0.29) is 22.3 Å². The van der Waals surface area contributed by atoms with Crippen LogP contribution in [0.2, 0.25) is 0 Å². The molecule has 0 amide bonds. The van der Waals surface area contributed by atoms with Gasteiger partial charge in [0.2, 0.25) is 0 Å². The summed E-state index contributed by atoms with van der Waals surface area (Å²) in [5.41, 5.74) is 5.35. The maximum atomic E-state index is 14.0. The third-order valence-electron chi connectivity index (χ3n) is 2.98. The van der Waals surface area contributed by atoms with E-state index >= 15 is 0 Å². The van der Waals surface area contributed by atoms with Crippen molar-refractivity contribution in [2.45, 2.75) is 26.3 Å². The van der Waals surface area contributed by atoms with E-state index in [1.165, 1.54) is 11.3 Å². The van der Waals surface area contributed by atoms with Crippen LogP contribution in [-0.2, 0) is 6.42 Å². The first-order chi connectivity index (χ1) is 9.92. The standard InChI is InChI=1S/C14H15F2N3S2/c1-3-9-6-18-14(21-9)7(2)19-12-10(15)4-8(13(17)20)5-11(12)16/h4-7,19H,3H2,1-2H3,(H2,17,20). The molecular formula is C14H15F2N3S2. The van der Waals surface area contributed by atoms with Gasteiger partial charge in [-0.3, -0.25) is 0 Å². The Balaban J connectivity index is 2.24. The van der Waals surface area contributed by atoms with Gasteiger partial charge in [-0.1, -0.05) is 19.1 Å². The molecule has 1 heterocycles. The van der Waals surface area contributed by atoms with Crippen molar-refractivity contribution in [1.29, 1.82) is 0 Å². The zero-order valence-electron chi connectivity index (χ0n) is 11.6. The molecule has 3 nitrogen and oxygen atoms in total. The van der Waals surface area contributed by atoms with Gasteiger partial charge in [0.1, 0.15) is 27.3 Å². The van der Waals surface area contributed by atoms with E-state index in [4.69, 9.17) is 18.0 Å². The minimum Gasteiger partial charge on any atom is -0.389 e. The number of rotatable bonds is 5. The van der Waals surface area contributed by atoms with Gasteiger partial charge in [-0.25, -0.2) is 13.8 Å². The molecule has 0 saturated heterocycles. The highest BCUT2D eigenvalue weighted by Gasteiger charge is 2.17. The molecule has 7 heteroatoms. The number of hydrogen-bond acceptors (Lipinski definition) is 4. The average Bonchev–Trinajstić information content (AvgIpc) is 2.91. The minimum atomic E-state index is -0.725. The van der Waals surface area contributed by atoms with Gasteiger partial charge in [0.15, 0.2) is 0 Å². The van der Waals surface area contributed by atoms with Crippen molar-refractivity contribution >= 4 is 34.2 Å². The fourth-order valence-corrected chi connectivity index (χ4v) is 2.80. The quantitative estimate of drug-likeness (QED) is 0.820. The van der Waals surface area contributed by atoms with E-state index in [9.17, 15) is 8.78 Å². The van der Waals surface area contributed by atoms with Crippen molar-refractivity contribution in [3.8, 4) is 0 Å². The van der Waals surface area contributed by atoms with E-state index in [1.807, 2.05) is 6.92 Å². The van der Waals surface area contributed by atoms with Crippen LogP contribution >= 0.6 is 23.6 Å². The van der Waals surface area contributed by atoms with E-state index < -0.39 is 11.6 Å². The summed E-state index contributed by atoms with van der Waals surface area (Å²) in [5.74, 6) is -1.45. The molecule has 3 N–H and O–H groups in total. The van der Waals surface area contributed by atoms with Crippen LogP contribution < -0.4 is 11.1 Å². The zero-order valence-corrected chi connectivity index (χ0v) is 13.2. The van der Waals surface area contributed by atoms with Gasteiger partial charge >= 0.3 is 0 Å². The Morgan fingerprint density at radius 1 is 1.43 bits per heavy atom. The molecule has 0 aliphatic rings. The van der Waals surface area contributed by atoms with Crippen molar-refractivity contribution in [3.05, 3.63) is 45.4 Å². The maximum Gasteiger partial charge on any atom is 0.150 e. The molecule has 0 fully saturated rings. The largest absolute Gasteiger partial charge is 0.389 e. The van der Waals surface area contributed by atoms with Gasteiger partial charge < -0.3 is 11.1 Å². The lowest BCUT2D eigenvalue weighted by Crippen LogP contribution is -2.13. The summed E-state index contributed by atoms with van der Waals surface area (Å²) >= 11 is 6.24. The molecule has 2 rings (SSSR count). The van der Waals surface area contributed by atoms with Crippen LogP contribution in [0.4, 0.5) is 14.5 Å². The van der Waals surface area contributed by atoms with Crippen LogP contribution in [0.5, 0.6) is 0 Å². The number of nitrogens with zero attached hydrogens (tertiary/aromatic N) is 1. The lowest BCUT2D eigenvalue weighted by atomic mass is 10.1. The number of benzene rings is 1. The topological polar surface area (TPSA) is 50.9 Å². The fraction of sp³-hybridized carbons (Fsp3) is 0.286. The first-order valence-electron chi connectivity index (χ1n) is 6.42. The van der Waals surface area contributed by atoms with Crippen LogP contribution in [0.25, 0.3) is 0 Å². The van der Waals surface area contributed by atoms with Gasteiger partial charge in [-0.2, -0.15) is 0 Å². The van der Waals surface area contributed by atoms with E-state index in [0.717, 1.165) is 28.4 Å². The Morgan fingerprint density at radius 3 is 2.52 bits per heavy atom. The molecular weight excluding hydrogens is 312 g/mol. The molecule has 2 aromatic rings. The number of thiazole rings is 1. The summed E-state index contributed by atoms with van der Waals surface area (Å²) in [6.07, 6.45) is 2.66. The Labute approximate surface area is 131 Å². The molecule has 21 heavy (non-hydrogen) atoms. The van der Waals surface area contributed by atoms with Crippen molar-refractivity contribution in [1.82, 2.24) is 4.98 Å². The molecule has 1 unspecified atom stereocenters. The second kappa shape index (κ2) is 6.44. The number of anilines is 1. The summed E-state index contributed by atoms with van der Waals surface area (Å²) in [6.45, 7) is 3.84. The van der Waals surface area contributed by atoms with Crippen LogP contribution in [0.3, 0.4) is 0 Å². The summed E-state index contributed by atoms with van der Waals surface area (Å²) in [4.78, 5) is 5.34. The number of aryl methyl sites for hydroxylation is 1. The lowest BCUT2D eigenvalue weighted by Gasteiger charge is -2.15. The maximum absolute atomic E-state index is 14.0. The number of hydrogen-bond donors (Lipinski definition) is 2. The highest BCUT2D eigenvalue weighted by atomic mass is 32.1. The number of halogens is 2. The molecule has 1 aromatic carbocycles. The van der Waals surface area contributed by atoms with E-state index in [2.05, 4.69) is 10.3 Å². The normalized spacial score (nSPS) is 12.2. The Bertz CT molecular complexity index is 647. The minimum absolute atomic E-state index is 0.0418. The molecule has 0 bridgehead atoms. The first-order valence-corrected chi connectivity index (χ1v) is 7.64. The lowest BCUT2D eigenvalue weighted by molar-refractivity contribution is 0.584.